The highest BCUT2D eigenvalue weighted by atomic mass is 16.6. The van der Waals surface area contributed by atoms with E-state index in [0.29, 0.717) is 12.5 Å². The van der Waals surface area contributed by atoms with Gasteiger partial charge in [0.25, 0.3) is 6.02 Å². The van der Waals surface area contributed by atoms with E-state index in [9.17, 15) is 0 Å². The van der Waals surface area contributed by atoms with E-state index in [0.717, 1.165) is 37.3 Å². The second-order valence-corrected chi connectivity index (χ2v) is 7.59. The van der Waals surface area contributed by atoms with Crippen molar-refractivity contribution in [2.45, 2.75) is 51.0 Å². The third kappa shape index (κ3) is 3.52. The lowest BCUT2D eigenvalue weighted by atomic mass is 9.84. The largest absolute Gasteiger partial charge is 0.490 e. The Hall–Kier alpha value is -1.71. The predicted molar refractivity (Wildman–Crippen MR) is 95.7 cm³/mol. The zero-order chi connectivity index (χ0) is 16.4. The summed E-state index contributed by atoms with van der Waals surface area (Å²) in [4.78, 5) is 6.75. The van der Waals surface area contributed by atoms with Gasteiger partial charge >= 0.3 is 0 Å². The first-order valence-electron chi connectivity index (χ1n) is 9.47. The molecule has 0 spiro atoms. The van der Waals surface area contributed by atoms with Crippen LogP contribution in [-0.2, 0) is 4.74 Å². The maximum atomic E-state index is 5.96. The lowest BCUT2D eigenvalue weighted by Crippen LogP contribution is -2.36. The Labute approximate surface area is 144 Å². The number of nitrogens with zero attached hydrogens (tertiary/aromatic N) is 2. The van der Waals surface area contributed by atoms with Gasteiger partial charge in [0, 0.05) is 13.1 Å². The second kappa shape index (κ2) is 7.04. The number of hydrogen-bond donors (Lipinski definition) is 0. The van der Waals surface area contributed by atoms with Crippen LogP contribution in [0, 0.1) is 5.92 Å². The minimum absolute atomic E-state index is 0.0899. The van der Waals surface area contributed by atoms with Gasteiger partial charge in [-0.3, -0.25) is 0 Å². The molecule has 1 aliphatic carbocycles. The first kappa shape index (κ1) is 15.8. The average molecular weight is 328 g/mol. The van der Waals surface area contributed by atoms with Crippen LogP contribution in [0.15, 0.2) is 29.3 Å². The van der Waals surface area contributed by atoms with Crippen LogP contribution in [0.4, 0.5) is 0 Å². The monoisotopic (exact) mass is 328 g/mol. The molecule has 1 saturated carbocycles. The van der Waals surface area contributed by atoms with E-state index in [2.05, 4.69) is 41.1 Å². The second-order valence-electron chi connectivity index (χ2n) is 7.59. The van der Waals surface area contributed by atoms with E-state index in [1.807, 2.05) is 0 Å². The van der Waals surface area contributed by atoms with E-state index < -0.39 is 0 Å². The molecule has 2 atom stereocenters. The molecule has 2 fully saturated rings. The molecule has 2 aliphatic heterocycles. The topological polar surface area (TPSA) is 34.1 Å². The summed E-state index contributed by atoms with van der Waals surface area (Å²) in [5, 5.41) is 0. The molecule has 0 N–H and O–H groups in total. The molecule has 4 heteroatoms. The van der Waals surface area contributed by atoms with Crippen LogP contribution in [0.3, 0.4) is 0 Å². The molecule has 0 bridgehead atoms. The average Bonchev–Trinajstić information content (AvgIpc) is 3.03. The molecule has 0 radical (unpaired) electrons. The Bertz CT molecular complexity index is 578. The van der Waals surface area contributed by atoms with E-state index in [-0.39, 0.29) is 6.10 Å². The third-order valence-corrected chi connectivity index (χ3v) is 5.43. The Morgan fingerprint density at radius 2 is 1.92 bits per heavy atom. The maximum absolute atomic E-state index is 5.96. The van der Waals surface area contributed by atoms with Crippen LogP contribution < -0.4 is 4.74 Å². The van der Waals surface area contributed by atoms with Gasteiger partial charge in [-0.05, 0) is 42.4 Å². The van der Waals surface area contributed by atoms with E-state index in [1.165, 1.54) is 37.7 Å². The Kier molecular flexibility index (Phi) is 4.63. The molecule has 3 aliphatic rings. The standard InChI is InChI=1S/C20H28N2O2/c1-15-11-21-20-22(12-15)13-19(24-20)14-23-18-9-7-17(8-10-18)16-5-3-2-4-6-16/h7-10,15-16,19H,2-6,11-14H2,1H3/t15-,19+/m1/s1. The third-order valence-electron chi connectivity index (χ3n) is 5.43. The minimum atomic E-state index is 0.0899. The normalized spacial score (nSPS) is 27.4. The summed E-state index contributed by atoms with van der Waals surface area (Å²) >= 11 is 0. The number of hydrogen-bond acceptors (Lipinski definition) is 4. The highest BCUT2D eigenvalue weighted by Gasteiger charge is 2.33. The van der Waals surface area contributed by atoms with Crippen molar-refractivity contribution in [3.63, 3.8) is 0 Å². The van der Waals surface area contributed by atoms with Crippen LogP contribution in [0.25, 0.3) is 0 Å². The predicted octanol–water partition coefficient (Wildman–Crippen LogP) is 3.82. The summed E-state index contributed by atoms with van der Waals surface area (Å²) < 4.78 is 11.9. The van der Waals surface area contributed by atoms with Crippen molar-refractivity contribution in [1.29, 1.82) is 0 Å². The van der Waals surface area contributed by atoms with Crippen molar-refractivity contribution in [1.82, 2.24) is 4.90 Å². The van der Waals surface area contributed by atoms with Gasteiger partial charge in [0.1, 0.15) is 12.4 Å². The molecule has 24 heavy (non-hydrogen) atoms. The van der Waals surface area contributed by atoms with E-state index in [4.69, 9.17) is 9.47 Å². The van der Waals surface area contributed by atoms with E-state index >= 15 is 0 Å². The summed E-state index contributed by atoms with van der Waals surface area (Å²) in [5.41, 5.74) is 1.47. The summed E-state index contributed by atoms with van der Waals surface area (Å²) in [6.07, 6.45) is 6.92. The van der Waals surface area contributed by atoms with Gasteiger partial charge < -0.3 is 14.4 Å². The first-order chi connectivity index (χ1) is 11.8. The fourth-order valence-corrected chi connectivity index (χ4v) is 4.09. The van der Waals surface area contributed by atoms with Crippen LogP contribution in [0.5, 0.6) is 5.75 Å². The smallest absolute Gasteiger partial charge is 0.287 e. The van der Waals surface area contributed by atoms with Crippen molar-refractivity contribution in [2.75, 3.05) is 26.2 Å². The molecule has 1 aromatic carbocycles. The lowest BCUT2D eigenvalue weighted by molar-refractivity contribution is 0.146. The van der Waals surface area contributed by atoms with Gasteiger partial charge in [-0.2, -0.15) is 0 Å². The number of benzene rings is 1. The number of rotatable bonds is 4. The van der Waals surface area contributed by atoms with Crippen LogP contribution in [0.2, 0.25) is 0 Å². The fourth-order valence-electron chi connectivity index (χ4n) is 4.09. The van der Waals surface area contributed by atoms with Crippen molar-refractivity contribution in [3.05, 3.63) is 29.8 Å². The Balaban J connectivity index is 1.29. The molecule has 0 amide bonds. The fraction of sp³-hybridized carbons (Fsp3) is 0.650. The van der Waals surface area contributed by atoms with Crippen LogP contribution >= 0.6 is 0 Å². The van der Waals surface area contributed by atoms with Crippen molar-refractivity contribution < 1.29 is 9.47 Å². The number of fused-ring (bicyclic) bond motifs is 1. The Morgan fingerprint density at radius 1 is 1.12 bits per heavy atom. The molecule has 0 aromatic heterocycles. The summed E-state index contributed by atoms with van der Waals surface area (Å²) in [6.45, 7) is 5.64. The quantitative estimate of drug-likeness (QED) is 0.842. The molecular weight excluding hydrogens is 300 g/mol. The molecule has 130 valence electrons. The van der Waals surface area contributed by atoms with Gasteiger partial charge in [-0.25, -0.2) is 4.99 Å². The zero-order valence-electron chi connectivity index (χ0n) is 14.6. The number of aliphatic imine (C=N–C) groups is 1. The van der Waals surface area contributed by atoms with Crippen molar-refractivity contribution in [2.24, 2.45) is 10.9 Å². The van der Waals surface area contributed by atoms with Crippen LogP contribution in [0.1, 0.15) is 50.5 Å². The van der Waals surface area contributed by atoms with Crippen molar-refractivity contribution >= 4 is 6.02 Å². The highest BCUT2D eigenvalue weighted by molar-refractivity contribution is 5.76. The zero-order valence-corrected chi connectivity index (χ0v) is 14.6. The molecule has 1 aromatic rings. The summed E-state index contributed by atoms with van der Waals surface area (Å²) in [7, 11) is 0. The SMILES string of the molecule is C[C@@H]1CN=C2O[C@H](COc3ccc(C4CCCCC4)cc3)CN2C1. The van der Waals surface area contributed by atoms with Gasteiger partial charge in [-0.15, -0.1) is 0 Å². The molecule has 2 heterocycles. The molecule has 4 rings (SSSR count). The maximum Gasteiger partial charge on any atom is 0.287 e. The molecular formula is C20H28N2O2. The Morgan fingerprint density at radius 3 is 2.71 bits per heavy atom. The highest BCUT2D eigenvalue weighted by Crippen LogP contribution is 2.33. The van der Waals surface area contributed by atoms with Gasteiger partial charge in [0.05, 0.1) is 6.54 Å². The first-order valence-corrected chi connectivity index (χ1v) is 9.47. The van der Waals surface area contributed by atoms with Gasteiger partial charge in [0.15, 0.2) is 6.10 Å². The minimum Gasteiger partial charge on any atom is -0.490 e. The lowest BCUT2D eigenvalue weighted by Gasteiger charge is -2.24. The molecule has 4 nitrogen and oxygen atoms in total. The van der Waals surface area contributed by atoms with Gasteiger partial charge in [-0.1, -0.05) is 38.3 Å². The van der Waals surface area contributed by atoms with Gasteiger partial charge in [0.2, 0.25) is 0 Å². The molecule has 1 saturated heterocycles. The molecule has 0 unspecified atom stereocenters. The number of amidine groups is 1. The number of ether oxygens (including phenoxy) is 2. The van der Waals surface area contributed by atoms with Crippen molar-refractivity contribution in [3.8, 4) is 5.75 Å². The summed E-state index contributed by atoms with van der Waals surface area (Å²) in [6, 6.07) is 9.54. The van der Waals surface area contributed by atoms with Crippen LogP contribution in [-0.4, -0.2) is 43.3 Å². The van der Waals surface area contributed by atoms with E-state index in [1.54, 1.807) is 0 Å². The summed E-state index contributed by atoms with van der Waals surface area (Å²) in [5.74, 6) is 2.31.